The monoisotopic (exact) mass is 767 g/mol. The molecule has 292 valence electrons. The largest absolute Gasteiger partial charge is 0.489 e. The first-order valence-electron chi connectivity index (χ1n) is 19.6. The van der Waals surface area contributed by atoms with Crippen molar-refractivity contribution < 1.29 is 28.7 Å². The number of benzene rings is 3. The Labute approximate surface area is 331 Å². The van der Waals surface area contributed by atoms with Gasteiger partial charge in [-0.2, -0.15) is 10.5 Å². The summed E-state index contributed by atoms with van der Waals surface area (Å²) in [6, 6.07) is 19.4. The molecule has 5 amide bonds. The van der Waals surface area contributed by atoms with Crippen molar-refractivity contribution in [3.8, 4) is 17.9 Å². The molecule has 2 N–H and O–H groups in total. The fraction of sp³-hybridized carbons (Fsp3) is 0.432. The zero-order valence-corrected chi connectivity index (χ0v) is 32.6. The van der Waals surface area contributed by atoms with Gasteiger partial charge in [0.2, 0.25) is 11.8 Å². The van der Waals surface area contributed by atoms with Gasteiger partial charge in [0.15, 0.2) is 0 Å². The van der Waals surface area contributed by atoms with E-state index in [0.29, 0.717) is 65.7 Å². The van der Waals surface area contributed by atoms with Gasteiger partial charge in [0.05, 0.1) is 22.3 Å². The molecule has 57 heavy (non-hydrogen) atoms. The van der Waals surface area contributed by atoms with E-state index in [0.717, 1.165) is 41.1 Å². The van der Waals surface area contributed by atoms with Crippen molar-refractivity contribution in [1.82, 2.24) is 20.0 Å². The van der Waals surface area contributed by atoms with E-state index in [9.17, 15) is 34.5 Å². The minimum absolute atomic E-state index is 0.0145. The number of fused-ring (bicyclic) bond motifs is 2. The standard InChI is InChI=1S/C44H45N7O6/c1-43(2)41(44(3,4)42(43)57-32-10-7-27(20-45)28(17-32)21-46)47-31-8-5-26(6-9-31)38(54)50-15-13-25(14-16-50)22-49-23-29-18-33-34(19-30(29)24-49)40(56)51(39(33)55)35-11-12-36(52)48-37(35)53/h5-10,17-19,25,35,41-42,47H,11-16,22-24H2,1-4H3,(H,48,52,53)/t35?,41-,42-. The predicted octanol–water partition coefficient (Wildman–Crippen LogP) is 4.99. The highest BCUT2D eigenvalue weighted by Crippen LogP contribution is 2.56. The maximum Gasteiger partial charge on any atom is 0.262 e. The smallest absolute Gasteiger partial charge is 0.262 e. The highest BCUT2D eigenvalue weighted by Gasteiger charge is 2.63. The zero-order valence-electron chi connectivity index (χ0n) is 32.6. The van der Waals surface area contributed by atoms with Crippen LogP contribution in [0.4, 0.5) is 5.69 Å². The molecule has 13 heteroatoms. The molecule has 2 saturated heterocycles. The maximum atomic E-state index is 13.6. The molecular weight excluding hydrogens is 723 g/mol. The third-order valence-corrected chi connectivity index (χ3v) is 12.7. The van der Waals surface area contributed by atoms with Gasteiger partial charge in [0, 0.05) is 67.3 Å². The summed E-state index contributed by atoms with van der Waals surface area (Å²) in [4.78, 5) is 69.5. The highest BCUT2D eigenvalue weighted by molar-refractivity contribution is 6.23. The summed E-state index contributed by atoms with van der Waals surface area (Å²) < 4.78 is 6.42. The van der Waals surface area contributed by atoms with Gasteiger partial charge in [0.25, 0.3) is 17.7 Å². The Balaban J connectivity index is 0.823. The van der Waals surface area contributed by atoms with Crippen LogP contribution in [-0.2, 0) is 22.7 Å². The van der Waals surface area contributed by atoms with Crippen molar-refractivity contribution >= 4 is 35.2 Å². The van der Waals surface area contributed by atoms with E-state index in [4.69, 9.17) is 4.74 Å². The average molecular weight is 768 g/mol. The van der Waals surface area contributed by atoms with Crippen LogP contribution in [0.1, 0.15) is 107 Å². The number of hydrogen-bond donors (Lipinski definition) is 2. The molecule has 5 aliphatic rings. The molecule has 3 fully saturated rings. The summed E-state index contributed by atoms with van der Waals surface area (Å²) in [7, 11) is 0. The zero-order chi connectivity index (χ0) is 40.4. The third kappa shape index (κ3) is 6.60. The first kappa shape index (κ1) is 37.9. The second kappa shape index (κ2) is 14.2. The summed E-state index contributed by atoms with van der Waals surface area (Å²) in [6.07, 6.45) is 1.82. The van der Waals surface area contributed by atoms with E-state index in [1.54, 1.807) is 30.3 Å². The number of ether oxygens (including phenoxy) is 1. The SMILES string of the molecule is CC1(C)[C@H](Nc2ccc(C(=O)N3CCC(CN4Cc5cc6c(cc5C4)C(=O)N(C4CCC(=O)NC4=O)C6=O)CC3)cc2)C(C)(C)[C@H]1Oc1ccc(C#N)c(C#N)c1. The van der Waals surface area contributed by atoms with Crippen molar-refractivity contribution in [3.63, 3.8) is 0 Å². The summed E-state index contributed by atoms with van der Waals surface area (Å²) >= 11 is 0. The Bertz CT molecular complexity index is 2240. The van der Waals surface area contributed by atoms with Crippen LogP contribution in [-0.4, -0.2) is 82.1 Å². The number of amides is 5. The fourth-order valence-electron chi connectivity index (χ4n) is 10.0. The fourth-order valence-corrected chi connectivity index (χ4v) is 10.0. The van der Waals surface area contributed by atoms with Crippen LogP contribution in [0.5, 0.6) is 5.75 Å². The lowest BCUT2D eigenvalue weighted by Crippen LogP contribution is -2.72. The van der Waals surface area contributed by atoms with Gasteiger partial charge in [-0.25, -0.2) is 0 Å². The first-order valence-corrected chi connectivity index (χ1v) is 19.6. The second-order valence-corrected chi connectivity index (χ2v) is 17.2. The number of nitrogens with zero attached hydrogens (tertiary/aromatic N) is 5. The molecular formula is C44H45N7O6. The quantitative estimate of drug-likeness (QED) is 0.297. The number of carbonyl (C=O) groups excluding carboxylic acids is 5. The number of nitrogens with one attached hydrogen (secondary N) is 2. The summed E-state index contributed by atoms with van der Waals surface area (Å²) in [6.45, 7) is 12.1. The summed E-state index contributed by atoms with van der Waals surface area (Å²) in [5, 5.41) is 24.7. The molecule has 1 unspecified atom stereocenters. The Morgan fingerprint density at radius 2 is 1.46 bits per heavy atom. The van der Waals surface area contributed by atoms with Crippen LogP contribution in [0.15, 0.2) is 54.6 Å². The van der Waals surface area contributed by atoms with E-state index in [1.807, 2.05) is 35.2 Å². The third-order valence-electron chi connectivity index (χ3n) is 12.7. The maximum absolute atomic E-state index is 13.6. The Morgan fingerprint density at radius 1 is 0.842 bits per heavy atom. The van der Waals surface area contributed by atoms with Crippen LogP contribution < -0.4 is 15.4 Å². The lowest BCUT2D eigenvalue weighted by molar-refractivity contribution is -0.147. The Hall–Kier alpha value is -6.05. The molecule has 0 spiro atoms. The molecule has 1 atom stereocenters. The minimum atomic E-state index is -0.979. The molecule has 1 aliphatic carbocycles. The van der Waals surface area contributed by atoms with E-state index in [2.05, 4.69) is 49.3 Å². The van der Waals surface area contributed by atoms with Crippen molar-refractivity contribution in [2.45, 2.75) is 84.7 Å². The highest BCUT2D eigenvalue weighted by atomic mass is 16.5. The Morgan fingerprint density at radius 3 is 2.04 bits per heavy atom. The number of likely N-dealkylation sites (tertiary alicyclic amines) is 1. The number of anilines is 1. The van der Waals surface area contributed by atoms with Crippen LogP contribution >= 0.6 is 0 Å². The number of rotatable bonds is 8. The number of piperidine rings is 2. The van der Waals surface area contributed by atoms with Gasteiger partial charge in [-0.3, -0.25) is 39.1 Å². The van der Waals surface area contributed by atoms with Crippen molar-refractivity contribution in [2.24, 2.45) is 16.7 Å². The number of carbonyl (C=O) groups is 5. The molecule has 13 nitrogen and oxygen atoms in total. The first-order chi connectivity index (χ1) is 27.2. The van der Waals surface area contributed by atoms with E-state index < -0.39 is 29.7 Å². The van der Waals surface area contributed by atoms with Crippen LogP contribution in [0.2, 0.25) is 0 Å². The lowest BCUT2D eigenvalue weighted by atomic mass is 9.49. The molecule has 3 aromatic rings. The predicted molar refractivity (Wildman–Crippen MR) is 208 cm³/mol. The van der Waals surface area contributed by atoms with E-state index >= 15 is 0 Å². The number of hydrogen-bond acceptors (Lipinski definition) is 10. The van der Waals surface area contributed by atoms with Gasteiger partial charge in [0.1, 0.15) is 30.0 Å². The van der Waals surface area contributed by atoms with E-state index in [1.165, 1.54) is 0 Å². The molecule has 0 bridgehead atoms. The summed E-state index contributed by atoms with van der Waals surface area (Å²) in [5.74, 6) is -1.01. The summed E-state index contributed by atoms with van der Waals surface area (Å²) in [5.41, 5.74) is 4.27. The van der Waals surface area contributed by atoms with Crippen molar-refractivity contribution in [1.29, 1.82) is 10.5 Å². The lowest BCUT2D eigenvalue weighted by Gasteiger charge is -2.63. The van der Waals surface area contributed by atoms with Crippen molar-refractivity contribution in [2.75, 3.05) is 25.0 Å². The molecule has 0 aromatic heterocycles. The molecule has 4 heterocycles. The van der Waals surface area contributed by atoms with Crippen LogP contribution in [0.3, 0.4) is 0 Å². The van der Waals surface area contributed by atoms with Crippen LogP contribution in [0, 0.1) is 39.4 Å². The van der Waals surface area contributed by atoms with Gasteiger partial charge >= 0.3 is 0 Å². The van der Waals surface area contributed by atoms with Gasteiger partial charge in [-0.05, 0) is 90.9 Å². The normalized spacial score (nSPS) is 23.9. The molecule has 0 radical (unpaired) electrons. The minimum Gasteiger partial charge on any atom is -0.489 e. The van der Waals surface area contributed by atoms with Gasteiger partial charge < -0.3 is 15.0 Å². The topological polar surface area (TPSA) is 176 Å². The molecule has 4 aliphatic heterocycles. The van der Waals surface area contributed by atoms with E-state index in [-0.39, 0.29) is 41.7 Å². The molecule has 8 rings (SSSR count). The number of nitriles is 2. The molecule has 1 saturated carbocycles. The number of imide groups is 2. The average Bonchev–Trinajstić information content (AvgIpc) is 3.70. The van der Waals surface area contributed by atoms with Gasteiger partial charge in [-0.1, -0.05) is 27.7 Å². The van der Waals surface area contributed by atoms with Gasteiger partial charge in [-0.15, -0.1) is 0 Å². The molecule has 3 aromatic carbocycles. The Kier molecular flexibility index (Phi) is 9.40. The second-order valence-electron chi connectivity index (χ2n) is 17.2. The van der Waals surface area contributed by atoms with Crippen molar-refractivity contribution in [3.05, 3.63) is 93.5 Å². The van der Waals surface area contributed by atoms with Crippen LogP contribution in [0.25, 0.3) is 0 Å².